The van der Waals surface area contributed by atoms with Gasteiger partial charge in [0, 0.05) is 40.4 Å². The molecule has 0 saturated carbocycles. The highest BCUT2D eigenvalue weighted by molar-refractivity contribution is 6.03. The molecule has 1 aliphatic carbocycles. The number of ketones is 1. The highest BCUT2D eigenvalue weighted by Crippen LogP contribution is 2.48. The number of benzene rings is 3. The maximum Gasteiger partial charge on any atom is 0.161 e. The third kappa shape index (κ3) is 3.65. The molecule has 0 bridgehead atoms. The third-order valence-corrected chi connectivity index (χ3v) is 6.83. The van der Waals surface area contributed by atoms with Crippen molar-refractivity contribution in [1.29, 1.82) is 0 Å². The van der Waals surface area contributed by atoms with Crippen LogP contribution < -0.4 is 10.1 Å². The molecule has 0 fully saturated rings. The van der Waals surface area contributed by atoms with Crippen LogP contribution in [0, 0.1) is 6.92 Å². The molecule has 0 radical (unpaired) electrons. The van der Waals surface area contributed by atoms with Gasteiger partial charge in [0.2, 0.25) is 0 Å². The van der Waals surface area contributed by atoms with Crippen LogP contribution >= 0.6 is 0 Å². The average Bonchev–Trinajstić information content (AvgIpc) is 2.87. The number of carbonyl (C=O) groups excluding carboxylic acids is 1. The van der Waals surface area contributed by atoms with Crippen molar-refractivity contribution in [2.24, 2.45) is 0 Å². The number of pyridine rings is 1. The van der Waals surface area contributed by atoms with E-state index < -0.39 is 0 Å². The Kier molecular flexibility index (Phi) is 5.14. The lowest BCUT2D eigenvalue weighted by atomic mass is 9.74. The summed E-state index contributed by atoms with van der Waals surface area (Å²) in [5.74, 6) is 0.947. The van der Waals surface area contributed by atoms with Gasteiger partial charge in [-0.1, -0.05) is 48.5 Å². The van der Waals surface area contributed by atoms with Gasteiger partial charge < -0.3 is 10.1 Å². The predicted molar refractivity (Wildman–Crippen MR) is 135 cm³/mol. The zero-order valence-corrected chi connectivity index (χ0v) is 19.2. The van der Waals surface area contributed by atoms with Crippen LogP contribution in [0.5, 0.6) is 5.75 Å². The second-order valence-electron chi connectivity index (χ2n) is 9.12. The van der Waals surface area contributed by atoms with Crippen molar-refractivity contribution in [1.82, 2.24) is 4.98 Å². The van der Waals surface area contributed by atoms with Gasteiger partial charge in [0.1, 0.15) is 12.4 Å². The van der Waals surface area contributed by atoms with E-state index in [0.29, 0.717) is 13.0 Å². The van der Waals surface area contributed by atoms with Crippen molar-refractivity contribution in [3.05, 3.63) is 113 Å². The Labute approximate surface area is 199 Å². The predicted octanol–water partition coefficient (Wildman–Crippen LogP) is 6.69. The molecule has 0 amide bonds. The summed E-state index contributed by atoms with van der Waals surface area (Å²) in [4.78, 5) is 18.0. The lowest BCUT2D eigenvalue weighted by Gasteiger charge is -2.35. The van der Waals surface area contributed by atoms with Crippen LogP contribution in [0.15, 0.2) is 90.1 Å². The first kappa shape index (κ1) is 20.7. The van der Waals surface area contributed by atoms with Crippen LogP contribution in [-0.2, 0) is 11.4 Å². The molecule has 168 valence electrons. The summed E-state index contributed by atoms with van der Waals surface area (Å²) in [7, 11) is 0. The van der Waals surface area contributed by atoms with E-state index in [2.05, 4.69) is 47.8 Å². The maximum atomic E-state index is 13.2. The van der Waals surface area contributed by atoms with Gasteiger partial charge in [0.05, 0.1) is 5.52 Å². The summed E-state index contributed by atoms with van der Waals surface area (Å²) in [6.07, 6.45) is 2.40. The van der Waals surface area contributed by atoms with E-state index in [0.717, 1.165) is 68.8 Å². The molecule has 1 aliphatic heterocycles. The van der Waals surface area contributed by atoms with Crippen molar-refractivity contribution in [3.63, 3.8) is 0 Å². The van der Waals surface area contributed by atoms with Crippen LogP contribution in [0.4, 0.5) is 5.69 Å². The van der Waals surface area contributed by atoms with E-state index in [-0.39, 0.29) is 11.7 Å². The van der Waals surface area contributed by atoms with Crippen LogP contribution in [0.25, 0.3) is 10.9 Å². The molecule has 34 heavy (non-hydrogen) atoms. The van der Waals surface area contributed by atoms with Crippen molar-refractivity contribution in [2.45, 2.75) is 38.7 Å². The van der Waals surface area contributed by atoms with Crippen LogP contribution in [0.3, 0.4) is 0 Å². The molecule has 1 N–H and O–H groups in total. The normalized spacial score (nSPS) is 17.2. The van der Waals surface area contributed by atoms with E-state index in [4.69, 9.17) is 9.72 Å². The van der Waals surface area contributed by atoms with Gasteiger partial charge in [0.25, 0.3) is 0 Å². The minimum Gasteiger partial charge on any atom is -0.489 e. The Hall–Kier alpha value is -3.92. The van der Waals surface area contributed by atoms with E-state index in [1.54, 1.807) is 0 Å². The van der Waals surface area contributed by atoms with E-state index in [1.807, 2.05) is 43.3 Å². The second-order valence-corrected chi connectivity index (χ2v) is 9.12. The van der Waals surface area contributed by atoms with Crippen molar-refractivity contribution in [3.8, 4) is 5.75 Å². The summed E-state index contributed by atoms with van der Waals surface area (Å²) in [6.45, 7) is 2.54. The highest BCUT2D eigenvalue weighted by Gasteiger charge is 2.36. The Bertz CT molecular complexity index is 1420. The standard InChI is InChI=1S/C30H26N2O2/c1-19-10-15-23-24(31-19)16-17-26-29(23)28(30-25(32-26)8-5-9-27(30)33)21-11-13-22(14-12-21)34-18-20-6-3-2-4-7-20/h2-4,6-7,10-17,28,32H,5,8-9,18H2,1H3/t28-/m1/s1. The number of nitrogens with zero attached hydrogens (tertiary/aromatic N) is 1. The van der Waals surface area contributed by atoms with Gasteiger partial charge in [-0.3, -0.25) is 9.78 Å². The highest BCUT2D eigenvalue weighted by atomic mass is 16.5. The van der Waals surface area contributed by atoms with E-state index in [1.165, 1.54) is 0 Å². The molecule has 1 aromatic heterocycles. The van der Waals surface area contributed by atoms with Crippen LogP contribution in [-0.4, -0.2) is 10.8 Å². The smallest absolute Gasteiger partial charge is 0.161 e. The first-order valence-electron chi connectivity index (χ1n) is 11.9. The Morgan fingerprint density at radius 2 is 1.76 bits per heavy atom. The Balaban J connectivity index is 1.42. The number of hydrogen-bond acceptors (Lipinski definition) is 4. The number of hydrogen-bond donors (Lipinski definition) is 1. The number of Topliss-reactive ketones (excluding diaryl/α,β-unsaturated/α-hetero) is 1. The lowest BCUT2D eigenvalue weighted by molar-refractivity contribution is -0.116. The fourth-order valence-corrected chi connectivity index (χ4v) is 5.21. The zero-order chi connectivity index (χ0) is 23.1. The number of carbonyl (C=O) groups is 1. The molecule has 4 nitrogen and oxygen atoms in total. The molecule has 3 aromatic carbocycles. The number of aryl methyl sites for hydroxylation is 1. The summed E-state index contributed by atoms with van der Waals surface area (Å²) in [6, 6.07) is 26.8. The average molecular weight is 447 g/mol. The molecule has 2 heterocycles. The quantitative estimate of drug-likeness (QED) is 0.380. The SMILES string of the molecule is Cc1ccc2c3c(ccc2n1)NC1=C(C(=O)CCC1)[C@@H]3c1ccc(OCc2ccccc2)cc1. The maximum absolute atomic E-state index is 13.2. The number of anilines is 1. The Morgan fingerprint density at radius 1 is 0.941 bits per heavy atom. The molecule has 4 heteroatoms. The van der Waals surface area contributed by atoms with Gasteiger partial charge in [-0.2, -0.15) is 0 Å². The molecule has 4 aromatic rings. The molecule has 6 rings (SSSR count). The largest absolute Gasteiger partial charge is 0.489 e. The first-order chi connectivity index (χ1) is 16.7. The van der Waals surface area contributed by atoms with Crippen molar-refractivity contribution in [2.75, 3.05) is 5.32 Å². The number of rotatable bonds is 4. The first-order valence-corrected chi connectivity index (χ1v) is 11.9. The van der Waals surface area contributed by atoms with E-state index >= 15 is 0 Å². The van der Waals surface area contributed by atoms with Gasteiger partial charge in [-0.05, 0) is 66.8 Å². The van der Waals surface area contributed by atoms with Gasteiger partial charge >= 0.3 is 0 Å². The van der Waals surface area contributed by atoms with Gasteiger partial charge in [-0.15, -0.1) is 0 Å². The van der Waals surface area contributed by atoms with Crippen LogP contribution in [0.2, 0.25) is 0 Å². The minimum atomic E-state index is -0.115. The number of ether oxygens (including phenoxy) is 1. The van der Waals surface area contributed by atoms with Crippen LogP contribution in [0.1, 0.15) is 47.6 Å². The second kappa shape index (κ2) is 8.45. The molecule has 0 spiro atoms. The molecular formula is C30H26N2O2. The van der Waals surface area contributed by atoms with Gasteiger partial charge in [-0.25, -0.2) is 0 Å². The molecule has 0 unspecified atom stereocenters. The molecule has 2 aliphatic rings. The lowest BCUT2D eigenvalue weighted by Crippen LogP contribution is -2.27. The van der Waals surface area contributed by atoms with Crippen molar-refractivity contribution < 1.29 is 9.53 Å². The molecule has 1 atom stereocenters. The summed E-state index contributed by atoms with van der Waals surface area (Å²) >= 11 is 0. The summed E-state index contributed by atoms with van der Waals surface area (Å²) < 4.78 is 6.01. The number of aromatic nitrogens is 1. The Morgan fingerprint density at radius 3 is 2.59 bits per heavy atom. The van der Waals surface area contributed by atoms with Crippen molar-refractivity contribution >= 4 is 22.4 Å². The molecule has 0 saturated heterocycles. The summed E-state index contributed by atoms with van der Waals surface area (Å²) in [5, 5.41) is 4.68. The van der Waals surface area contributed by atoms with Gasteiger partial charge in [0.15, 0.2) is 5.78 Å². The zero-order valence-electron chi connectivity index (χ0n) is 19.2. The fraction of sp³-hybridized carbons (Fsp3) is 0.200. The van der Waals surface area contributed by atoms with E-state index in [9.17, 15) is 4.79 Å². The summed E-state index contributed by atoms with van der Waals surface area (Å²) in [5.41, 5.74) is 8.36. The topological polar surface area (TPSA) is 51.2 Å². The number of fused-ring (bicyclic) bond motifs is 3. The fourth-order valence-electron chi connectivity index (χ4n) is 5.21. The number of nitrogens with one attached hydrogen (secondary N) is 1. The monoisotopic (exact) mass is 446 g/mol. The molecular weight excluding hydrogens is 420 g/mol. The third-order valence-electron chi connectivity index (χ3n) is 6.83. The minimum absolute atomic E-state index is 0.115. The number of allylic oxidation sites excluding steroid dienone is 2.